The molecule has 0 saturated carbocycles. The van der Waals surface area contributed by atoms with E-state index in [4.69, 9.17) is 11.6 Å². The zero-order valence-electron chi connectivity index (χ0n) is 14.0. The summed E-state index contributed by atoms with van der Waals surface area (Å²) in [6, 6.07) is 14.6. The van der Waals surface area contributed by atoms with Crippen LogP contribution in [-0.2, 0) is 0 Å². The summed E-state index contributed by atoms with van der Waals surface area (Å²) >= 11 is 5.92. The maximum Gasteiger partial charge on any atom is 0.321 e. The molecule has 1 fully saturated rings. The van der Waals surface area contributed by atoms with E-state index in [1.165, 1.54) is 6.92 Å². The van der Waals surface area contributed by atoms with E-state index in [0.29, 0.717) is 24.3 Å². The van der Waals surface area contributed by atoms with E-state index < -0.39 is 0 Å². The molecule has 5 nitrogen and oxygen atoms in total. The number of hydrogen-bond acceptors (Lipinski definition) is 3. The minimum Gasteiger partial charge on any atom is -0.368 e. The van der Waals surface area contributed by atoms with Gasteiger partial charge in [-0.3, -0.25) is 4.79 Å². The van der Waals surface area contributed by atoms with Crippen molar-refractivity contribution in [2.75, 3.05) is 36.4 Å². The Kier molecular flexibility index (Phi) is 5.24. The average Bonchev–Trinajstić information content (AvgIpc) is 2.63. The summed E-state index contributed by atoms with van der Waals surface area (Å²) in [7, 11) is 0. The van der Waals surface area contributed by atoms with Crippen LogP contribution in [-0.4, -0.2) is 42.9 Å². The van der Waals surface area contributed by atoms with Gasteiger partial charge in [0, 0.05) is 48.1 Å². The van der Waals surface area contributed by atoms with Gasteiger partial charge >= 0.3 is 6.03 Å². The molecule has 3 rings (SSSR count). The number of urea groups is 1. The third kappa shape index (κ3) is 4.31. The number of carbonyl (C=O) groups is 2. The first-order valence-electron chi connectivity index (χ1n) is 8.20. The second kappa shape index (κ2) is 7.57. The summed E-state index contributed by atoms with van der Waals surface area (Å²) in [5.74, 6) is -0.0207. The average molecular weight is 358 g/mol. The zero-order chi connectivity index (χ0) is 17.8. The molecule has 1 heterocycles. The van der Waals surface area contributed by atoms with Crippen LogP contribution in [0.1, 0.15) is 17.3 Å². The number of nitrogens with one attached hydrogen (secondary N) is 1. The summed E-state index contributed by atoms with van der Waals surface area (Å²) < 4.78 is 0. The van der Waals surface area contributed by atoms with Crippen LogP contribution in [0.3, 0.4) is 0 Å². The van der Waals surface area contributed by atoms with E-state index in [9.17, 15) is 9.59 Å². The molecule has 0 aliphatic carbocycles. The lowest BCUT2D eigenvalue weighted by molar-refractivity contribution is 0.101. The van der Waals surface area contributed by atoms with Crippen LogP contribution in [0.5, 0.6) is 0 Å². The molecular weight excluding hydrogens is 338 g/mol. The number of hydrogen-bond donors (Lipinski definition) is 1. The van der Waals surface area contributed by atoms with Crippen LogP contribution < -0.4 is 10.2 Å². The van der Waals surface area contributed by atoms with Gasteiger partial charge in [0.2, 0.25) is 0 Å². The molecule has 2 aromatic rings. The first-order valence-corrected chi connectivity index (χ1v) is 8.58. The van der Waals surface area contributed by atoms with Crippen LogP contribution in [0, 0.1) is 0 Å². The van der Waals surface area contributed by atoms with Crippen molar-refractivity contribution in [2.45, 2.75) is 6.92 Å². The van der Waals surface area contributed by atoms with Crippen molar-refractivity contribution in [1.82, 2.24) is 4.90 Å². The van der Waals surface area contributed by atoms with E-state index >= 15 is 0 Å². The second-order valence-electron chi connectivity index (χ2n) is 6.02. The van der Waals surface area contributed by atoms with E-state index in [0.717, 1.165) is 23.8 Å². The monoisotopic (exact) mass is 357 g/mol. The lowest BCUT2D eigenvalue weighted by Gasteiger charge is -2.36. The van der Waals surface area contributed by atoms with Crippen molar-refractivity contribution in [3.05, 3.63) is 59.1 Å². The zero-order valence-corrected chi connectivity index (χ0v) is 14.8. The Morgan fingerprint density at radius 3 is 2.32 bits per heavy atom. The molecular formula is C19H20ClN3O2. The fraction of sp³-hybridized carbons (Fsp3) is 0.263. The Balaban J connectivity index is 1.57. The number of ketones is 1. The van der Waals surface area contributed by atoms with Gasteiger partial charge in [-0.1, -0.05) is 23.7 Å². The van der Waals surface area contributed by atoms with Gasteiger partial charge < -0.3 is 15.1 Å². The molecule has 130 valence electrons. The highest BCUT2D eigenvalue weighted by Gasteiger charge is 2.21. The lowest BCUT2D eigenvalue weighted by atomic mass is 10.1. The van der Waals surface area contributed by atoms with Crippen molar-refractivity contribution in [3.63, 3.8) is 0 Å². The predicted molar refractivity (Wildman–Crippen MR) is 101 cm³/mol. The number of halogens is 1. The number of benzene rings is 2. The van der Waals surface area contributed by atoms with Crippen molar-refractivity contribution >= 4 is 34.8 Å². The Labute approximate surface area is 152 Å². The van der Waals surface area contributed by atoms with Gasteiger partial charge in [0.1, 0.15) is 0 Å². The Hall–Kier alpha value is -2.53. The minimum atomic E-state index is -0.142. The summed E-state index contributed by atoms with van der Waals surface area (Å²) in [6.07, 6.45) is 0. The predicted octanol–water partition coefficient (Wildman–Crippen LogP) is 3.90. The van der Waals surface area contributed by atoms with Crippen LogP contribution >= 0.6 is 11.6 Å². The highest BCUT2D eigenvalue weighted by molar-refractivity contribution is 6.30. The fourth-order valence-corrected chi connectivity index (χ4v) is 2.96. The number of Topliss-reactive ketones (excluding diaryl/α,β-unsaturated/α-hetero) is 1. The van der Waals surface area contributed by atoms with Gasteiger partial charge in [-0.15, -0.1) is 0 Å². The van der Waals surface area contributed by atoms with Gasteiger partial charge in [-0.05, 0) is 43.3 Å². The summed E-state index contributed by atoms with van der Waals surface area (Å²) in [5.41, 5.74) is 2.34. The second-order valence-corrected chi connectivity index (χ2v) is 6.45. The van der Waals surface area contributed by atoms with Gasteiger partial charge in [-0.2, -0.15) is 0 Å². The van der Waals surface area contributed by atoms with Gasteiger partial charge in [0.25, 0.3) is 0 Å². The normalized spacial score (nSPS) is 14.3. The molecule has 1 aliphatic heterocycles. The SMILES string of the molecule is CC(=O)c1cccc(NC(=O)N2CCN(c3ccc(Cl)cc3)CC2)c1. The Morgan fingerprint density at radius 2 is 1.68 bits per heavy atom. The number of nitrogens with zero attached hydrogens (tertiary/aromatic N) is 2. The molecule has 0 radical (unpaired) electrons. The molecule has 0 atom stereocenters. The molecule has 0 aromatic heterocycles. The van der Waals surface area contributed by atoms with Crippen LogP contribution in [0.4, 0.5) is 16.2 Å². The molecule has 0 unspecified atom stereocenters. The molecule has 2 aromatic carbocycles. The van der Waals surface area contributed by atoms with E-state index in [-0.39, 0.29) is 11.8 Å². The quantitative estimate of drug-likeness (QED) is 0.848. The summed E-state index contributed by atoms with van der Waals surface area (Å²) in [5, 5.41) is 3.58. The number of amides is 2. The first kappa shape index (κ1) is 17.3. The van der Waals surface area contributed by atoms with Crippen molar-refractivity contribution in [3.8, 4) is 0 Å². The maximum absolute atomic E-state index is 12.4. The number of carbonyl (C=O) groups excluding carboxylic acids is 2. The molecule has 1 N–H and O–H groups in total. The third-order valence-electron chi connectivity index (χ3n) is 4.28. The molecule has 1 saturated heterocycles. The highest BCUT2D eigenvalue weighted by atomic mass is 35.5. The molecule has 1 aliphatic rings. The van der Waals surface area contributed by atoms with Crippen LogP contribution in [0.15, 0.2) is 48.5 Å². The number of piperazine rings is 1. The Morgan fingerprint density at radius 1 is 1.00 bits per heavy atom. The van der Waals surface area contributed by atoms with Crippen molar-refractivity contribution in [2.24, 2.45) is 0 Å². The van der Waals surface area contributed by atoms with Gasteiger partial charge in [0.15, 0.2) is 5.78 Å². The maximum atomic E-state index is 12.4. The standard InChI is InChI=1S/C19H20ClN3O2/c1-14(24)15-3-2-4-17(13-15)21-19(25)23-11-9-22(10-12-23)18-7-5-16(20)6-8-18/h2-8,13H,9-12H2,1H3,(H,21,25). The molecule has 25 heavy (non-hydrogen) atoms. The van der Waals surface area contributed by atoms with E-state index in [2.05, 4.69) is 10.2 Å². The highest BCUT2D eigenvalue weighted by Crippen LogP contribution is 2.20. The lowest BCUT2D eigenvalue weighted by Crippen LogP contribution is -2.50. The number of rotatable bonds is 3. The minimum absolute atomic E-state index is 0.0207. The van der Waals surface area contributed by atoms with E-state index in [1.807, 2.05) is 24.3 Å². The molecule has 0 bridgehead atoms. The first-order chi connectivity index (χ1) is 12.0. The fourth-order valence-electron chi connectivity index (χ4n) is 2.84. The third-order valence-corrected chi connectivity index (χ3v) is 4.53. The van der Waals surface area contributed by atoms with Crippen molar-refractivity contribution in [1.29, 1.82) is 0 Å². The molecule has 6 heteroatoms. The Bertz CT molecular complexity index is 768. The van der Waals surface area contributed by atoms with Gasteiger partial charge in [-0.25, -0.2) is 4.79 Å². The number of anilines is 2. The summed E-state index contributed by atoms with van der Waals surface area (Å²) in [4.78, 5) is 27.9. The van der Waals surface area contributed by atoms with Crippen LogP contribution in [0.25, 0.3) is 0 Å². The van der Waals surface area contributed by atoms with Crippen LogP contribution in [0.2, 0.25) is 5.02 Å². The molecule has 0 spiro atoms. The smallest absolute Gasteiger partial charge is 0.321 e. The molecule has 2 amide bonds. The van der Waals surface area contributed by atoms with E-state index in [1.54, 1.807) is 29.2 Å². The largest absolute Gasteiger partial charge is 0.368 e. The van der Waals surface area contributed by atoms with Gasteiger partial charge in [0.05, 0.1) is 0 Å². The van der Waals surface area contributed by atoms with Crippen molar-refractivity contribution < 1.29 is 9.59 Å². The topological polar surface area (TPSA) is 52.7 Å². The summed E-state index contributed by atoms with van der Waals surface area (Å²) in [6.45, 7) is 4.32.